The Morgan fingerprint density at radius 3 is 2.56 bits per heavy atom. The van der Waals surface area contributed by atoms with Crippen molar-refractivity contribution >= 4 is 11.5 Å². The predicted molar refractivity (Wildman–Crippen MR) is 131 cm³/mol. The highest BCUT2D eigenvalue weighted by molar-refractivity contribution is 5.94. The fourth-order valence-electron chi connectivity index (χ4n) is 4.11. The topological polar surface area (TPSA) is 50.8 Å². The highest BCUT2D eigenvalue weighted by Crippen LogP contribution is 2.28. The lowest BCUT2D eigenvalue weighted by Crippen LogP contribution is -2.28. The van der Waals surface area contributed by atoms with E-state index in [2.05, 4.69) is 34.5 Å². The fraction of sp³-hybridized carbons (Fsp3) is 0.250. The van der Waals surface area contributed by atoms with Crippen LogP contribution in [0.15, 0.2) is 72.8 Å². The normalized spacial score (nSPS) is 13.8. The van der Waals surface area contributed by atoms with E-state index in [4.69, 9.17) is 9.47 Å². The molecule has 1 heterocycles. The van der Waals surface area contributed by atoms with Crippen molar-refractivity contribution < 1.29 is 18.7 Å². The molecule has 0 unspecified atom stereocenters. The van der Waals surface area contributed by atoms with Crippen LogP contribution in [-0.4, -0.2) is 38.1 Å². The van der Waals surface area contributed by atoms with Gasteiger partial charge in [-0.1, -0.05) is 30.3 Å². The van der Waals surface area contributed by atoms with E-state index in [1.165, 1.54) is 35.4 Å². The highest BCUT2D eigenvalue weighted by Gasteiger charge is 2.16. The van der Waals surface area contributed by atoms with Gasteiger partial charge in [0.2, 0.25) is 0 Å². The number of carbonyl (C=O) groups excluding carboxylic acids is 1. The van der Waals surface area contributed by atoms with Crippen LogP contribution in [0.2, 0.25) is 0 Å². The van der Waals surface area contributed by atoms with Crippen LogP contribution >= 0.6 is 0 Å². The van der Waals surface area contributed by atoms with Crippen LogP contribution in [0.25, 0.3) is 5.57 Å². The molecular formula is C28H29FN2O3. The van der Waals surface area contributed by atoms with Crippen molar-refractivity contribution in [1.29, 1.82) is 0 Å². The number of amides is 1. The van der Waals surface area contributed by atoms with Gasteiger partial charge in [0.25, 0.3) is 5.91 Å². The van der Waals surface area contributed by atoms with E-state index >= 15 is 0 Å². The highest BCUT2D eigenvalue weighted by atomic mass is 19.1. The second-order valence-corrected chi connectivity index (χ2v) is 8.28. The number of rotatable bonds is 8. The first-order chi connectivity index (χ1) is 16.6. The van der Waals surface area contributed by atoms with Gasteiger partial charge in [-0.25, -0.2) is 4.39 Å². The van der Waals surface area contributed by atoms with E-state index in [1.54, 1.807) is 14.2 Å². The van der Waals surface area contributed by atoms with Gasteiger partial charge < -0.3 is 14.8 Å². The van der Waals surface area contributed by atoms with Gasteiger partial charge in [-0.15, -0.1) is 0 Å². The van der Waals surface area contributed by atoms with Crippen LogP contribution in [0, 0.1) is 5.82 Å². The molecule has 1 aliphatic rings. The van der Waals surface area contributed by atoms with Crippen LogP contribution in [0.3, 0.4) is 0 Å². The zero-order valence-electron chi connectivity index (χ0n) is 19.5. The average Bonchev–Trinajstić information content (AvgIpc) is 2.88. The number of halogens is 1. The summed E-state index contributed by atoms with van der Waals surface area (Å²) in [6.07, 6.45) is 3.22. The number of benzene rings is 3. The lowest BCUT2D eigenvalue weighted by atomic mass is 9.97. The third kappa shape index (κ3) is 5.83. The van der Waals surface area contributed by atoms with Gasteiger partial charge in [-0.3, -0.25) is 9.69 Å². The molecule has 0 fully saturated rings. The number of nitrogens with zero attached hydrogens (tertiary/aromatic N) is 1. The first-order valence-electron chi connectivity index (χ1n) is 11.3. The molecule has 6 heteroatoms. The molecule has 176 valence electrons. The number of nitrogens with one attached hydrogen (secondary N) is 1. The molecule has 34 heavy (non-hydrogen) atoms. The summed E-state index contributed by atoms with van der Waals surface area (Å²) in [4.78, 5) is 14.7. The molecule has 0 aliphatic carbocycles. The summed E-state index contributed by atoms with van der Waals surface area (Å²) in [5.74, 6) is 1.05. The average molecular weight is 461 g/mol. The molecule has 1 N–H and O–H groups in total. The molecule has 0 atom stereocenters. The smallest absolute Gasteiger partial charge is 0.251 e. The van der Waals surface area contributed by atoms with Gasteiger partial charge in [0.05, 0.1) is 14.2 Å². The molecule has 0 saturated carbocycles. The van der Waals surface area contributed by atoms with Gasteiger partial charge in [0.1, 0.15) is 17.3 Å². The summed E-state index contributed by atoms with van der Waals surface area (Å²) in [5.41, 5.74) is 5.10. The third-order valence-electron chi connectivity index (χ3n) is 6.04. The van der Waals surface area contributed by atoms with Gasteiger partial charge in [0.15, 0.2) is 0 Å². The molecule has 5 nitrogen and oxygen atoms in total. The summed E-state index contributed by atoms with van der Waals surface area (Å²) in [5, 5.41) is 2.91. The number of hydrogen-bond acceptors (Lipinski definition) is 4. The second kappa shape index (κ2) is 11.0. The van der Waals surface area contributed by atoms with Crippen molar-refractivity contribution in [3.8, 4) is 11.5 Å². The molecule has 0 radical (unpaired) electrons. The lowest BCUT2D eigenvalue weighted by molar-refractivity contribution is 0.0951. The van der Waals surface area contributed by atoms with Crippen molar-refractivity contribution in [1.82, 2.24) is 10.2 Å². The lowest BCUT2D eigenvalue weighted by Gasteiger charge is -2.27. The molecule has 1 aliphatic heterocycles. The van der Waals surface area contributed by atoms with Crippen molar-refractivity contribution in [3.05, 3.63) is 101 Å². The molecule has 0 aromatic heterocycles. The van der Waals surface area contributed by atoms with Gasteiger partial charge in [-0.2, -0.15) is 0 Å². The van der Waals surface area contributed by atoms with Gasteiger partial charge >= 0.3 is 0 Å². The standard InChI is InChI=1S/C28H29FN2O3/c1-33-26-11-8-24(27(17-26)34-2)19-31-14-12-21(13-15-31)23-5-3-4-20(16-23)18-30-28(32)22-6-9-25(29)10-7-22/h3-12,16-17H,13-15,18-19H2,1-2H3,(H,30,32). The van der Waals surface area contributed by atoms with Crippen LogP contribution < -0.4 is 14.8 Å². The Balaban J connectivity index is 1.36. The van der Waals surface area contributed by atoms with Crippen LogP contribution in [0.1, 0.15) is 33.5 Å². The van der Waals surface area contributed by atoms with Crippen molar-refractivity contribution in [3.63, 3.8) is 0 Å². The Morgan fingerprint density at radius 2 is 1.85 bits per heavy atom. The number of methoxy groups -OCH3 is 2. The maximum absolute atomic E-state index is 13.1. The van der Waals surface area contributed by atoms with E-state index < -0.39 is 0 Å². The Hall–Kier alpha value is -3.64. The quantitative estimate of drug-likeness (QED) is 0.510. The maximum Gasteiger partial charge on any atom is 0.251 e. The van der Waals surface area contributed by atoms with E-state index in [0.717, 1.165) is 48.7 Å². The number of carbonyl (C=O) groups is 1. The molecule has 1 amide bonds. The van der Waals surface area contributed by atoms with Crippen molar-refractivity contribution in [2.45, 2.75) is 19.5 Å². The van der Waals surface area contributed by atoms with E-state index in [-0.39, 0.29) is 11.7 Å². The zero-order chi connectivity index (χ0) is 23.9. The minimum absolute atomic E-state index is 0.216. The molecular weight excluding hydrogens is 431 g/mol. The Bertz CT molecular complexity index is 1170. The Kier molecular flexibility index (Phi) is 7.60. The molecule has 0 saturated heterocycles. The zero-order valence-corrected chi connectivity index (χ0v) is 19.5. The monoisotopic (exact) mass is 460 g/mol. The Morgan fingerprint density at radius 1 is 1.03 bits per heavy atom. The summed E-state index contributed by atoms with van der Waals surface area (Å²) in [6, 6.07) is 19.7. The molecule has 0 spiro atoms. The van der Waals surface area contributed by atoms with Crippen LogP contribution in [0.5, 0.6) is 11.5 Å². The van der Waals surface area contributed by atoms with Crippen LogP contribution in [-0.2, 0) is 13.1 Å². The van der Waals surface area contributed by atoms with Crippen molar-refractivity contribution in [2.75, 3.05) is 27.3 Å². The first kappa shape index (κ1) is 23.5. The summed E-state index contributed by atoms with van der Waals surface area (Å²) in [7, 11) is 3.33. The first-order valence-corrected chi connectivity index (χ1v) is 11.3. The van der Waals surface area contributed by atoms with E-state index in [9.17, 15) is 9.18 Å². The molecule has 3 aromatic carbocycles. The molecule has 3 aromatic rings. The maximum atomic E-state index is 13.1. The minimum Gasteiger partial charge on any atom is -0.497 e. The third-order valence-corrected chi connectivity index (χ3v) is 6.04. The van der Waals surface area contributed by atoms with Crippen LogP contribution in [0.4, 0.5) is 4.39 Å². The van der Waals surface area contributed by atoms with E-state index in [0.29, 0.717) is 12.1 Å². The van der Waals surface area contributed by atoms with E-state index in [1.807, 2.05) is 24.3 Å². The fourth-order valence-corrected chi connectivity index (χ4v) is 4.11. The minimum atomic E-state index is -0.355. The number of hydrogen-bond donors (Lipinski definition) is 1. The second-order valence-electron chi connectivity index (χ2n) is 8.28. The molecule has 4 rings (SSSR count). The van der Waals surface area contributed by atoms with Gasteiger partial charge in [0, 0.05) is 43.4 Å². The van der Waals surface area contributed by atoms with Crippen molar-refractivity contribution in [2.24, 2.45) is 0 Å². The summed E-state index contributed by atoms with van der Waals surface area (Å²) in [6.45, 7) is 3.04. The Labute approximate surface area is 199 Å². The summed E-state index contributed by atoms with van der Waals surface area (Å²) < 4.78 is 23.9. The number of ether oxygens (including phenoxy) is 2. The van der Waals surface area contributed by atoms with Gasteiger partial charge in [-0.05, 0) is 59.5 Å². The largest absolute Gasteiger partial charge is 0.497 e. The SMILES string of the molecule is COc1ccc(CN2CC=C(c3cccc(CNC(=O)c4ccc(F)cc4)c3)CC2)c(OC)c1. The molecule has 0 bridgehead atoms. The predicted octanol–water partition coefficient (Wildman–Crippen LogP) is 5.06. The summed E-state index contributed by atoms with van der Waals surface area (Å²) >= 11 is 0.